The molecular weight excluding hydrogens is 188 g/mol. The first-order valence-corrected chi connectivity index (χ1v) is 4.11. The lowest BCUT2D eigenvalue weighted by Crippen LogP contribution is -2.41. The van der Waals surface area contributed by atoms with Gasteiger partial charge in [-0.1, -0.05) is 5.21 Å². The first-order chi connectivity index (χ1) is 6.76. The maximum atomic E-state index is 11.2. The molecule has 7 heteroatoms. The van der Waals surface area contributed by atoms with Crippen LogP contribution in [0.15, 0.2) is 12.4 Å². The van der Waals surface area contributed by atoms with Crippen molar-refractivity contribution >= 4 is 5.91 Å². The van der Waals surface area contributed by atoms with Crippen molar-refractivity contribution in [3.63, 3.8) is 0 Å². The minimum atomic E-state index is -0.619. The van der Waals surface area contributed by atoms with Crippen molar-refractivity contribution in [3.8, 4) is 0 Å². The Labute approximate surface area is 80.4 Å². The van der Waals surface area contributed by atoms with Crippen LogP contribution in [0.25, 0.3) is 0 Å². The van der Waals surface area contributed by atoms with Gasteiger partial charge >= 0.3 is 0 Å². The highest BCUT2D eigenvalue weighted by molar-refractivity contribution is 5.75. The summed E-state index contributed by atoms with van der Waals surface area (Å²) in [6, 6.07) is -0.619. The van der Waals surface area contributed by atoms with Crippen molar-refractivity contribution in [1.29, 1.82) is 0 Å². The van der Waals surface area contributed by atoms with Crippen molar-refractivity contribution in [3.05, 3.63) is 12.4 Å². The van der Waals surface area contributed by atoms with Crippen molar-refractivity contribution in [1.82, 2.24) is 20.3 Å². The second-order valence-electron chi connectivity index (χ2n) is 2.73. The van der Waals surface area contributed by atoms with Gasteiger partial charge in [-0.15, -0.1) is 5.10 Å². The van der Waals surface area contributed by atoms with Crippen LogP contribution in [0.3, 0.4) is 0 Å². The zero-order chi connectivity index (χ0) is 10.4. The molecule has 1 amide bonds. The maximum absolute atomic E-state index is 11.2. The molecule has 0 saturated heterocycles. The summed E-state index contributed by atoms with van der Waals surface area (Å²) < 4.78 is 1.35. The fourth-order valence-corrected chi connectivity index (χ4v) is 0.887. The second-order valence-corrected chi connectivity index (χ2v) is 2.73. The molecule has 0 radical (unpaired) electrons. The van der Waals surface area contributed by atoms with Gasteiger partial charge in [0.25, 0.3) is 0 Å². The summed E-state index contributed by atoms with van der Waals surface area (Å²) >= 11 is 0. The van der Waals surface area contributed by atoms with Crippen LogP contribution in [0.1, 0.15) is 0 Å². The lowest BCUT2D eigenvalue weighted by atomic mass is 10.3. The van der Waals surface area contributed by atoms with Gasteiger partial charge < -0.3 is 15.5 Å². The van der Waals surface area contributed by atoms with Crippen molar-refractivity contribution in [2.45, 2.75) is 12.6 Å². The van der Waals surface area contributed by atoms with E-state index in [9.17, 15) is 4.79 Å². The molecule has 0 saturated carbocycles. The predicted octanol–water partition coefficient (Wildman–Crippen LogP) is -2.25. The zero-order valence-corrected chi connectivity index (χ0v) is 7.50. The molecule has 0 atom stereocenters. The average Bonchev–Trinajstić information content (AvgIpc) is 2.66. The number of aliphatic hydroxyl groups is 2. The molecule has 0 aliphatic heterocycles. The molecule has 0 bridgehead atoms. The molecule has 0 unspecified atom stereocenters. The number of carbonyl (C=O) groups excluding carboxylic acids is 1. The normalized spacial score (nSPS) is 10.5. The molecule has 0 aromatic carbocycles. The van der Waals surface area contributed by atoms with Gasteiger partial charge in [0.2, 0.25) is 5.91 Å². The summed E-state index contributed by atoms with van der Waals surface area (Å²) in [4.78, 5) is 11.2. The summed E-state index contributed by atoms with van der Waals surface area (Å²) in [5, 5.41) is 26.9. The van der Waals surface area contributed by atoms with Gasteiger partial charge in [0.15, 0.2) is 0 Å². The Kier molecular flexibility index (Phi) is 4.02. The first-order valence-electron chi connectivity index (χ1n) is 4.11. The van der Waals surface area contributed by atoms with Gasteiger partial charge in [0, 0.05) is 6.20 Å². The zero-order valence-electron chi connectivity index (χ0n) is 7.50. The van der Waals surface area contributed by atoms with Crippen LogP contribution in [0.2, 0.25) is 0 Å². The Morgan fingerprint density at radius 3 is 2.71 bits per heavy atom. The SMILES string of the molecule is O=C(Cn1ccnn1)NC(CO)CO. The summed E-state index contributed by atoms with van der Waals surface area (Å²) in [7, 11) is 0. The minimum absolute atomic E-state index is 0.0243. The van der Waals surface area contributed by atoms with Crippen molar-refractivity contribution in [2.75, 3.05) is 13.2 Å². The highest BCUT2D eigenvalue weighted by Crippen LogP contribution is 1.84. The molecular formula is C7H12N4O3. The van der Waals surface area contributed by atoms with Gasteiger partial charge in [0.05, 0.1) is 25.5 Å². The molecule has 0 aliphatic carbocycles. The predicted molar refractivity (Wildman–Crippen MR) is 46.1 cm³/mol. The van der Waals surface area contributed by atoms with Crippen molar-refractivity contribution in [2.24, 2.45) is 0 Å². The van der Waals surface area contributed by atoms with E-state index < -0.39 is 6.04 Å². The second kappa shape index (κ2) is 5.30. The number of rotatable bonds is 5. The maximum Gasteiger partial charge on any atom is 0.242 e. The van der Waals surface area contributed by atoms with Crippen LogP contribution in [-0.2, 0) is 11.3 Å². The highest BCUT2D eigenvalue weighted by atomic mass is 16.3. The Balaban J connectivity index is 2.35. The minimum Gasteiger partial charge on any atom is -0.394 e. The average molecular weight is 200 g/mol. The van der Waals surface area contributed by atoms with Gasteiger partial charge in [-0.25, -0.2) is 4.68 Å². The summed E-state index contributed by atoms with van der Waals surface area (Å²) in [6.45, 7) is -0.560. The molecule has 1 rings (SSSR count). The molecule has 1 aromatic rings. The third kappa shape index (κ3) is 3.11. The van der Waals surface area contributed by atoms with Gasteiger partial charge in [0.1, 0.15) is 6.54 Å². The Morgan fingerprint density at radius 2 is 2.21 bits per heavy atom. The van der Waals surface area contributed by atoms with Crippen LogP contribution >= 0.6 is 0 Å². The molecule has 3 N–H and O–H groups in total. The Hall–Kier alpha value is -1.47. The fourth-order valence-electron chi connectivity index (χ4n) is 0.887. The van der Waals surface area contributed by atoms with Crippen LogP contribution in [0, 0.1) is 0 Å². The molecule has 0 spiro atoms. The van der Waals surface area contributed by atoms with Crippen molar-refractivity contribution < 1.29 is 15.0 Å². The summed E-state index contributed by atoms with van der Waals surface area (Å²) in [5.41, 5.74) is 0. The van der Waals surface area contributed by atoms with E-state index in [1.54, 1.807) is 6.20 Å². The number of aliphatic hydroxyl groups excluding tert-OH is 2. The van der Waals surface area contributed by atoms with E-state index in [0.717, 1.165) is 0 Å². The van der Waals surface area contributed by atoms with Crippen LogP contribution in [-0.4, -0.2) is 50.4 Å². The largest absolute Gasteiger partial charge is 0.394 e. The summed E-state index contributed by atoms with van der Waals surface area (Å²) in [5.74, 6) is -0.330. The van der Waals surface area contributed by atoms with E-state index in [-0.39, 0.29) is 25.7 Å². The quantitative estimate of drug-likeness (QED) is 0.498. The highest BCUT2D eigenvalue weighted by Gasteiger charge is 2.10. The first kappa shape index (κ1) is 10.6. The smallest absolute Gasteiger partial charge is 0.242 e. The molecule has 1 heterocycles. The van der Waals surface area contributed by atoms with E-state index in [4.69, 9.17) is 10.2 Å². The van der Waals surface area contributed by atoms with Crippen LogP contribution in [0.5, 0.6) is 0 Å². The number of amides is 1. The standard InChI is InChI=1S/C7H12N4O3/c12-4-6(5-13)9-7(14)3-11-2-1-8-10-11/h1-2,6,12-13H,3-5H2,(H,9,14). The van der Waals surface area contributed by atoms with E-state index in [1.165, 1.54) is 10.9 Å². The molecule has 7 nitrogen and oxygen atoms in total. The molecule has 0 fully saturated rings. The monoisotopic (exact) mass is 200 g/mol. The Bertz CT molecular complexity index is 270. The summed E-state index contributed by atoms with van der Waals surface area (Å²) in [6.07, 6.45) is 3.01. The third-order valence-electron chi connectivity index (χ3n) is 1.58. The number of carbonyl (C=O) groups is 1. The van der Waals surface area contributed by atoms with E-state index in [0.29, 0.717) is 0 Å². The molecule has 78 valence electrons. The molecule has 0 aliphatic rings. The topological polar surface area (TPSA) is 100 Å². The molecule has 1 aromatic heterocycles. The van der Waals surface area contributed by atoms with Crippen LogP contribution in [0.4, 0.5) is 0 Å². The number of hydrogen-bond acceptors (Lipinski definition) is 5. The van der Waals surface area contributed by atoms with Gasteiger partial charge in [-0.2, -0.15) is 0 Å². The number of nitrogens with one attached hydrogen (secondary N) is 1. The number of hydrogen-bond donors (Lipinski definition) is 3. The number of aromatic nitrogens is 3. The van der Waals surface area contributed by atoms with Gasteiger partial charge in [-0.3, -0.25) is 4.79 Å². The van der Waals surface area contributed by atoms with Gasteiger partial charge in [-0.05, 0) is 0 Å². The third-order valence-corrected chi connectivity index (χ3v) is 1.58. The lowest BCUT2D eigenvalue weighted by molar-refractivity contribution is -0.123. The fraction of sp³-hybridized carbons (Fsp3) is 0.571. The van der Waals surface area contributed by atoms with E-state index in [1.807, 2.05) is 0 Å². The van der Waals surface area contributed by atoms with E-state index in [2.05, 4.69) is 15.6 Å². The lowest BCUT2D eigenvalue weighted by Gasteiger charge is -2.12. The Morgan fingerprint density at radius 1 is 1.50 bits per heavy atom. The van der Waals surface area contributed by atoms with Crippen LogP contribution < -0.4 is 5.32 Å². The number of nitrogens with zero attached hydrogens (tertiary/aromatic N) is 3. The van der Waals surface area contributed by atoms with E-state index >= 15 is 0 Å². The molecule has 14 heavy (non-hydrogen) atoms.